The van der Waals surface area contributed by atoms with Gasteiger partial charge in [0.25, 0.3) is 5.88 Å². The average molecular weight is 426 g/mol. The molecule has 0 aliphatic heterocycles. The van der Waals surface area contributed by atoms with Crippen molar-refractivity contribution in [2.45, 2.75) is 31.0 Å². The molecule has 0 radical (unpaired) electrons. The molecule has 0 unspecified atom stereocenters. The molecular weight excluding hydrogens is 416 g/mol. The lowest BCUT2D eigenvalue weighted by molar-refractivity contribution is -0.235. The summed E-state index contributed by atoms with van der Waals surface area (Å²) in [7, 11) is 0. The zero-order valence-corrected chi connectivity index (χ0v) is 14.9. The number of ether oxygens (including phenoxy) is 1. The topological polar surface area (TPSA) is 65.2 Å². The van der Waals surface area contributed by atoms with Gasteiger partial charge in [-0.1, -0.05) is 0 Å². The van der Waals surface area contributed by atoms with Crippen molar-refractivity contribution >= 4 is 17.2 Å². The van der Waals surface area contributed by atoms with Crippen molar-refractivity contribution in [2.24, 2.45) is 0 Å². The van der Waals surface area contributed by atoms with Crippen molar-refractivity contribution in [3.63, 3.8) is 0 Å². The third-order valence-corrected chi connectivity index (χ3v) is 3.85. The second kappa shape index (κ2) is 6.47. The van der Waals surface area contributed by atoms with Crippen LogP contribution in [0.15, 0.2) is 24.7 Å². The number of hydrogen-bond acceptors (Lipinski definition) is 5. The number of nitrogens with zero attached hydrogens (tertiary/aromatic N) is 5. The lowest BCUT2D eigenvalue weighted by Gasteiger charge is -2.28. The maximum Gasteiger partial charge on any atom is 0.427 e. The molecule has 0 aliphatic carbocycles. The van der Waals surface area contributed by atoms with Crippen molar-refractivity contribution in [1.82, 2.24) is 24.6 Å². The van der Waals surface area contributed by atoms with Crippen LogP contribution in [0.2, 0.25) is 0 Å². The molecule has 0 aromatic carbocycles. The van der Waals surface area contributed by atoms with Crippen LogP contribution in [0.4, 0.5) is 26.3 Å². The van der Waals surface area contributed by atoms with Crippen LogP contribution in [0.3, 0.4) is 0 Å². The number of halogens is 7. The summed E-state index contributed by atoms with van der Waals surface area (Å²) in [5, 5.41) is 2.94. The van der Waals surface area contributed by atoms with E-state index in [-0.39, 0.29) is 16.9 Å². The summed E-state index contributed by atoms with van der Waals surface area (Å²) >= 11 is 4.96. The SMILES string of the molecule is CC(C)(Oc1ncc(-c2cn3c(C(F)(F)Cl)nnc3cn2)cc1F)C(F)(F)F. The van der Waals surface area contributed by atoms with Gasteiger partial charge < -0.3 is 4.74 Å². The molecule has 0 N–H and O–H groups in total. The number of rotatable bonds is 4. The Bertz CT molecular complexity index is 1030. The lowest BCUT2D eigenvalue weighted by Crippen LogP contribution is -2.45. The summed E-state index contributed by atoms with van der Waals surface area (Å²) in [5.74, 6) is -2.94. The van der Waals surface area contributed by atoms with E-state index in [2.05, 4.69) is 24.9 Å². The van der Waals surface area contributed by atoms with Gasteiger partial charge in [0.1, 0.15) is 0 Å². The Kier molecular flexibility index (Phi) is 4.64. The van der Waals surface area contributed by atoms with Gasteiger partial charge in [0.05, 0.1) is 11.9 Å². The van der Waals surface area contributed by atoms with Crippen LogP contribution in [-0.4, -0.2) is 36.3 Å². The van der Waals surface area contributed by atoms with Crippen LogP contribution in [-0.2, 0) is 5.38 Å². The fourth-order valence-electron chi connectivity index (χ4n) is 2.08. The standard InChI is InChI=1S/C15H10ClF6N5O/c1-13(2,15(20,21)22)28-11-8(17)3-7(4-24-11)9-6-27-10(5-23-9)25-26-12(27)14(16,18)19/h3-6H,1-2H3. The summed E-state index contributed by atoms with van der Waals surface area (Å²) in [5.41, 5.74) is -2.75. The van der Waals surface area contributed by atoms with E-state index in [0.717, 1.165) is 42.9 Å². The minimum absolute atomic E-state index is 0.00546. The largest absolute Gasteiger partial charge is 0.460 e. The Morgan fingerprint density at radius 3 is 2.29 bits per heavy atom. The first kappa shape index (κ1) is 20.1. The number of pyridine rings is 1. The van der Waals surface area contributed by atoms with Crippen molar-refractivity contribution in [3.8, 4) is 17.1 Å². The number of fused-ring (bicyclic) bond motifs is 1. The van der Waals surface area contributed by atoms with E-state index < -0.39 is 34.7 Å². The summed E-state index contributed by atoms with van der Waals surface area (Å²) in [6, 6.07) is 0.811. The monoisotopic (exact) mass is 425 g/mol. The van der Waals surface area contributed by atoms with E-state index in [0.29, 0.717) is 0 Å². The third-order valence-electron chi connectivity index (χ3n) is 3.68. The van der Waals surface area contributed by atoms with Crippen LogP contribution in [0.1, 0.15) is 19.7 Å². The Morgan fingerprint density at radius 2 is 1.71 bits per heavy atom. The maximum absolute atomic E-state index is 14.2. The van der Waals surface area contributed by atoms with Gasteiger partial charge in [-0.15, -0.1) is 10.2 Å². The van der Waals surface area contributed by atoms with Gasteiger partial charge in [0.15, 0.2) is 17.1 Å². The molecule has 150 valence electrons. The third kappa shape index (κ3) is 3.68. The van der Waals surface area contributed by atoms with Gasteiger partial charge in [0, 0.05) is 18.0 Å². The van der Waals surface area contributed by atoms with E-state index in [1.54, 1.807) is 0 Å². The predicted molar refractivity (Wildman–Crippen MR) is 84.5 cm³/mol. The highest BCUT2D eigenvalue weighted by atomic mass is 35.5. The molecule has 0 aliphatic rings. The second-order valence-electron chi connectivity index (χ2n) is 6.14. The lowest BCUT2D eigenvalue weighted by atomic mass is 10.1. The first-order valence-corrected chi connectivity index (χ1v) is 7.87. The van der Waals surface area contributed by atoms with E-state index >= 15 is 0 Å². The van der Waals surface area contributed by atoms with E-state index in [4.69, 9.17) is 11.6 Å². The van der Waals surface area contributed by atoms with Gasteiger partial charge >= 0.3 is 11.6 Å². The van der Waals surface area contributed by atoms with E-state index in [9.17, 15) is 26.3 Å². The van der Waals surface area contributed by atoms with Crippen LogP contribution in [0, 0.1) is 5.82 Å². The molecule has 0 saturated carbocycles. The Labute approximate surface area is 158 Å². The molecule has 28 heavy (non-hydrogen) atoms. The molecule has 0 amide bonds. The number of aromatic nitrogens is 5. The first-order valence-electron chi connectivity index (χ1n) is 7.49. The molecule has 13 heteroatoms. The number of alkyl halides is 6. The van der Waals surface area contributed by atoms with E-state index in [1.165, 1.54) is 0 Å². The fourth-order valence-corrected chi connectivity index (χ4v) is 2.21. The Balaban J connectivity index is 1.98. The Hall–Kier alpha value is -2.63. The molecule has 0 saturated heterocycles. The molecule has 0 bridgehead atoms. The number of hydrogen-bond donors (Lipinski definition) is 0. The highest BCUT2D eigenvalue weighted by Crippen LogP contribution is 2.35. The minimum Gasteiger partial charge on any atom is -0.460 e. The maximum atomic E-state index is 14.2. The summed E-state index contributed by atoms with van der Waals surface area (Å²) < 4.78 is 85.1. The molecular formula is C15H10ClF6N5O. The van der Waals surface area contributed by atoms with Gasteiger partial charge in [0.2, 0.25) is 5.82 Å². The minimum atomic E-state index is -4.76. The molecule has 0 fully saturated rings. The molecule has 3 heterocycles. The molecule has 0 spiro atoms. The summed E-state index contributed by atoms with van der Waals surface area (Å²) in [6.07, 6.45) is -1.62. The molecule has 3 aromatic rings. The van der Waals surface area contributed by atoms with Crippen LogP contribution in [0.25, 0.3) is 16.9 Å². The van der Waals surface area contributed by atoms with E-state index in [1.807, 2.05) is 0 Å². The van der Waals surface area contributed by atoms with Gasteiger partial charge in [-0.05, 0) is 31.5 Å². The normalized spacial score (nSPS) is 13.2. The smallest absolute Gasteiger partial charge is 0.427 e. The van der Waals surface area contributed by atoms with Crippen molar-refractivity contribution < 1.29 is 31.1 Å². The Morgan fingerprint density at radius 1 is 1.04 bits per heavy atom. The average Bonchev–Trinajstić information content (AvgIpc) is 2.98. The quantitative estimate of drug-likeness (QED) is 0.460. The summed E-state index contributed by atoms with van der Waals surface area (Å²) in [4.78, 5) is 7.46. The van der Waals surface area contributed by atoms with Gasteiger partial charge in [-0.2, -0.15) is 22.0 Å². The van der Waals surface area contributed by atoms with Crippen LogP contribution < -0.4 is 4.74 Å². The van der Waals surface area contributed by atoms with Crippen LogP contribution >= 0.6 is 11.6 Å². The highest BCUT2D eigenvalue weighted by Gasteiger charge is 2.50. The molecule has 6 nitrogen and oxygen atoms in total. The van der Waals surface area contributed by atoms with Gasteiger partial charge in [-0.3, -0.25) is 9.38 Å². The zero-order valence-electron chi connectivity index (χ0n) is 14.1. The highest BCUT2D eigenvalue weighted by molar-refractivity contribution is 6.21. The van der Waals surface area contributed by atoms with Gasteiger partial charge in [-0.25, -0.2) is 9.37 Å². The molecule has 3 aromatic heterocycles. The van der Waals surface area contributed by atoms with Crippen molar-refractivity contribution in [2.75, 3.05) is 0 Å². The fraction of sp³-hybridized carbons (Fsp3) is 0.333. The molecule has 0 atom stereocenters. The predicted octanol–water partition coefficient (Wildman–Crippen LogP) is 4.33. The summed E-state index contributed by atoms with van der Waals surface area (Å²) in [6.45, 7) is 1.44. The zero-order chi connectivity index (χ0) is 20.9. The molecule has 3 rings (SSSR count). The van der Waals surface area contributed by atoms with Crippen LogP contribution in [0.5, 0.6) is 5.88 Å². The first-order chi connectivity index (χ1) is 12.8. The van der Waals surface area contributed by atoms with Crippen molar-refractivity contribution in [3.05, 3.63) is 36.3 Å². The van der Waals surface area contributed by atoms with Crippen molar-refractivity contribution in [1.29, 1.82) is 0 Å². The second-order valence-corrected chi connectivity index (χ2v) is 6.62.